The zero-order chi connectivity index (χ0) is 14.3. The van der Waals surface area contributed by atoms with Crippen molar-refractivity contribution >= 4 is 28.6 Å². The monoisotopic (exact) mass is 282 g/mol. The first-order valence-corrected chi connectivity index (χ1v) is 6.43. The summed E-state index contributed by atoms with van der Waals surface area (Å²) in [5.74, 6) is 0.376. The third kappa shape index (κ3) is 1.80. The van der Waals surface area contributed by atoms with Crippen LogP contribution >= 0.6 is 11.6 Å². The van der Waals surface area contributed by atoms with Crippen molar-refractivity contribution in [1.82, 2.24) is 9.55 Å². The summed E-state index contributed by atoms with van der Waals surface area (Å²) >= 11 is 6.27. The number of aryl methyl sites for hydroxylation is 1. The van der Waals surface area contributed by atoms with Crippen molar-refractivity contribution in [2.24, 2.45) is 0 Å². The zero-order valence-electron chi connectivity index (χ0n) is 10.8. The molecule has 4 nitrogen and oxygen atoms in total. The van der Waals surface area contributed by atoms with Crippen molar-refractivity contribution < 1.29 is 0 Å². The normalized spacial score (nSPS) is 10.7. The molecule has 0 radical (unpaired) electrons. The van der Waals surface area contributed by atoms with Crippen LogP contribution in [0.5, 0.6) is 0 Å². The Balaban J connectivity index is 2.35. The minimum absolute atomic E-state index is 0.376. The molecule has 0 bridgehead atoms. The molecular weight excluding hydrogens is 272 g/mol. The Morgan fingerprint density at radius 1 is 1.30 bits per heavy atom. The molecule has 0 spiro atoms. The van der Waals surface area contributed by atoms with Gasteiger partial charge >= 0.3 is 0 Å². The number of rotatable bonds is 1. The molecule has 0 fully saturated rings. The molecular formula is C15H11ClN4. The lowest BCUT2D eigenvalue weighted by Crippen LogP contribution is -2.02. The summed E-state index contributed by atoms with van der Waals surface area (Å²) in [4.78, 5) is 4.35. The van der Waals surface area contributed by atoms with E-state index in [-0.39, 0.29) is 0 Å². The molecule has 0 amide bonds. The summed E-state index contributed by atoms with van der Waals surface area (Å²) in [5.41, 5.74) is 10.1. The number of para-hydroxylation sites is 1. The van der Waals surface area contributed by atoms with Crippen molar-refractivity contribution in [3.05, 3.63) is 52.5 Å². The van der Waals surface area contributed by atoms with Gasteiger partial charge in [0.15, 0.2) is 0 Å². The van der Waals surface area contributed by atoms with Gasteiger partial charge in [-0.3, -0.25) is 4.57 Å². The average molecular weight is 283 g/mol. The number of fused-ring (bicyclic) bond motifs is 1. The van der Waals surface area contributed by atoms with Crippen LogP contribution in [0.4, 0.5) is 5.95 Å². The minimum atomic E-state index is 0.376. The van der Waals surface area contributed by atoms with Crippen molar-refractivity contribution in [2.45, 2.75) is 6.92 Å². The van der Waals surface area contributed by atoms with E-state index in [4.69, 9.17) is 22.6 Å². The third-order valence-electron chi connectivity index (χ3n) is 3.22. The summed E-state index contributed by atoms with van der Waals surface area (Å²) in [7, 11) is 0. The summed E-state index contributed by atoms with van der Waals surface area (Å²) in [6.45, 7) is 2.00. The summed E-state index contributed by atoms with van der Waals surface area (Å²) < 4.78 is 1.81. The number of hydrogen-bond donors (Lipinski definition) is 1. The lowest BCUT2D eigenvalue weighted by Gasteiger charge is -2.10. The highest BCUT2D eigenvalue weighted by Crippen LogP contribution is 2.30. The number of benzene rings is 2. The predicted molar refractivity (Wildman–Crippen MR) is 79.9 cm³/mol. The summed E-state index contributed by atoms with van der Waals surface area (Å²) in [6.07, 6.45) is 0. The van der Waals surface area contributed by atoms with Crippen molar-refractivity contribution in [2.75, 3.05) is 5.73 Å². The van der Waals surface area contributed by atoms with Crippen molar-refractivity contribution in [1.29, 1.82) is 5.26 Å². The van der Waals surface area contributed by atoms with E-state index in [0.717, 1.165) is 22.3 Å². The average Bonchev–Trinajstić information content (AvgIpc) is 2.76. The van der Waals surface area contributed by atoms with Gasteiger partial charge in [0.2, 0.25) is 5.95 Å². The highest BCUT2D eigenvalue weighted by atomic mass is 35.5. The molecule has 2 aromatic carbocycles. The van der Waals surface area contributed by atoms with Gasteiger partial charge in [-0.25, -0.2) is 4.98 Å². The molecule has 0 saturated heterocycles. The van der Waals surface area contributed by atoms with Gasteiger partial charge in [-0.1, -0.05) is 23.7 Å². The highest BCUT2D eigenvalue weighted by molar-refractivity contribution is 6.32. The second kappa shape index (κ2) is 4.55. The second-order valence-electron chi connectivity index (χ2n) is 4.53. The van der Waals surface area contributed by atoms with Gasteiger partial charge in [0.1, 0.15) is 0 Å². The molecule has 5 heteroatoms. The molecule has 0 unspecified atom stereocenters. The van der Waals surface area contributed by atoms with E-state index in [1.165, 1.54) is 0 Å². The van der Waals surface area contributed by atoms with E-state index in [2.05, 4.69) is 11.1 Å². The molecule has 0 aliphatic rings. The molecule has 1 aromatic heterocycles. The first-order valence-electron chi connectivity index (χ1n) is 6.05. The van der Waals surface area contributed by atoms with Crippen LogP contribution in [-0.2, 0) is 0 Å². The lowest BCUT2D eigenvalue weighted by atomic mass is 10.2. The van der Waals surface area contributed by atoms with E-state index in [9.17, 15) is 0 Å². The topological polar surface area (TPSA) is 67.6 Å². The maximum Gasteiger partial charge on any atom is 0.205 e. The van der Waals surface area contributed by atoms with Crippen LogP contribution < -0.4 is 5.73 Å². The molecule has 0 saturated carbocycles. The van der Waals surface area contributed by atoms with Gasteiger partial charge < -0.3 is 5.73 Å². The number of halogens is 1. The van der Waals surface area contributed by atoms with Gasteiger partial charge in [0.25, 0.3) is 0 Å². The van der Waals surface area contributed by atoms with E-state index in [1.54, 1.807) is 18.2 Å². The van der Waals surface area contributed by atoms with Crippen LogP contribution in [0.2, 0.25) is 5.02 Å². The first kappa shape index (κ1) is 12.5. The largest absolute Gasteiger partial charge is 0.369 e. The first-order chi connectivity index (χ1) is 9.61. The smallest absolute Gasteiger partial charge is 0.205 e. The van der Waals surface area contributed by atoms with Gasteiger partial charge in [0, 0.05) is 0 Å². The van der Waals surface area contributed by atoms with Crippen LogP contribution in [0.3, 0.4) is 0 Å². The highest BCUT2D eigenvalue weighted by Gasteiger charge is 2.14. The Morgan fingerprint density at radius 2 is 2.10 bits per heavy atom. The molecule has 2 N–H and O–H groups in total. The van der Waals surface area contributed by atoms with Crippen LogP contribution in [0.15, 0.2) is 36.4 Å². The van der Waals surface area contributed by atoms with Crippen molar-refractivity contribution in [3.8, 4) is 11.8 Å². The van der Waals surface area contributed by atoms with Crippen LogP contribution in [-0.4, -0.2) is 9.55 Å². The number of aromatic nitrogens is 2. The summed E-state index contributed by atoms with van der Waals surface area (Å²) in [6, 6.07) is 13.0. The fourth-order valence-corrected chi connectivity index (χ4v) is 2.58. The Bertz CT molecular complexity index is 858. The van der Waals surface area contributed by atoms with Gasteiger partial charge in [0.05, 0.1) is 33.4 Å². The van der Waals surface area contributed by atoms with E-state index in [0.29, 0.717) is 16.5 Å². The van der Waals surface area contributed by atoms with E-state index >= 15 is 0 Å². The molecule has 0 atom stereocenters. The number of nitrogen functional groups attached to an aromatic ring is 1. The Hall–Kier alpha value is -2.51. The predicted octanol–water partition coefficient (Wildman–Crippen LogP) is 3.44. The lowest BCUT2D eigenvalue weighted by molar-refractivity contribution is 1.10. The van der Waals surface area contributed by atoms with Crippen LogP contribution in [0.1, 0.15) is 11.1 Å². The molecule has 3 rings (SSSR count). The van der Waals surface area contributed by atoms with Crippen molar-refractivity contribution in [3.63, 3.8) is 0 Å². The number of hydrogen-bond acceptors (Lipinski definition) is 3. The molecule has 0 aliphatic carbocycles. The molecule has 0 aliphatic heterocycles. The van der Waals surface area contributed by atoms with E-state index < -0.39 is 0 Å². The minimum Gasteiger partial charge on any atom is -0.369 e. The molecule has 20 heavy (non-hydrogen) atoms. The second-order valence-corrected chi connectivity index (χ2v) is 4.93. The standard InChI is InChI=1S/C15H11ClN4/c1-9-3-2-4-12-14(9)20(15(18)19-12)13-6-5-10(8-17)7-11(13)16/h2-7H,1H3,(H2,18,19). The SMILES string of the molecule is Cc1cccc2nc(N)n(-c3ccc(C#N)cc3Cl)c12. The van der Waals surface area contributed by atoms with Gasteiger partial charge in [-0.05, 0) is 36.8 Å². The fourth-order valence-electron chi connectivity index (χ4n) is 2.31. The van der Waals surface area contributed by atoms with Gasteiger partial charge in [-0.2, -0.15) is 5.26 Å². The maximum atomic E-state index is 8.90. The number of nitrogens with zero attached hydrogens (tertiary/aromatic N) is 3. The fraction of sp³-hybridized carbons (Fsp3) is 0.0667. The zero-order valence-corrected chi connectivity index (χ0v) is 11.5. The number of imidazole rings is 1. The number of nitrogens with two attached hydrogens (primary N) is 1. The van der Waals surface area contributed by atoms with E-state index in [1.807, 2.05) is 29.7 Å². The Morgan fingerprint density at radius 3 is 2.80 bits per heavy atom. The molecule has 98 valence electrons. The van der Waals surface area contributed by atoms with Gasteiger partial charge in [-0.15, -0.1) is 0 Å². The van der Waals surface area contributed by atoms with Crippen LogP contribution in [0, 0.1) is 18.3 Å². The van der Waals surface area contributed by atoms with Crippen LogP contribution in [0.25, 0.3) is 16.7 Å². The quantitative estimate of drug-likeness (QED) is 0.743. The Kier molecular flexibility index (Phi) is 2.85. The Labute approximate surface area is 121 Å². The number of nitriles is 1. The number of anilines is 1. The molecule has 1 heterocycles. The summed E-state index contributed by atoms with van der Waals surface area (Å²) in [5, 5.41) is 9.37. The third-order valence-corrected chi connectivity index (χ3v) is 3.52. The molecule has 3 aromatic rings. The maximum absolute atomic E-state index is 8.90.